The average molecular weight is 233 g/mol. The maximum absolute atomic E-state index is 10.9. The van der Waals surface area contributed by atoms with Gasteiger partial charge in [0.1, 0.15) is 0 Å². The maximum atomic E-state index is 10.9. The fourth-order valence-corrected chi connectivity index (χ4v) is 3.08. The standard InChI is InChI=1S/C15H23NO/c1-12-10-15(11-17)13(2)16(12)9-8-14-6-4-3-5-7-14/h10-11,14H,3-9H2,1-2H3. The molecule has 2 nitrogen and oxygen atoms in total. The summed E-state index contributed by atoms with van der Waals surface area (Å²) in [6.45, 7) is 5.23. The molecule has 17 heavy (non-hydrogen) atoms. The monoisotopic (exact) mass is 233 g/mol. The predicted octanol–water partition coefficient (Wildman–Crippen LogP) is 3.89. The maximum Gasteiger partial charge on any atom is 0.151 e. The van der Waals surface area contributed by atoms with Crippen LogP contribution in [0.5, 0.6) is 0 Å². The number of aryl methyl sites for hydroxylation is 1. The molecule has 1 aliphatic rings. The number of carbonyl (C=O) groups excluding carboxylic acids is 1. The van der Waals surface area contributed by atoms with Crippen LogP contribution < -0.4 is 0 Å². The molecule has 1 fully saturated rings. The van der Waals surface area contributed by atoms with Crippen molar-refractivity contribution in [3.63, 3.8) is 0 Å². The summed E-state index contributed by atoms with van der Waals surface area (Å²) in [6.07, 6.45) is 9.29. The molecule has 0 radical (unpaired) electrons. The quantitative estimate of drug-likeness (QED) is 0.723. The van der Waals surface area contributed by atoms with E-state index < -0.39 is 0 Å². The molecule has 2 rings (SSSR count). The minimum atomic E-state index is 0.853. The van der Waals surface area contributed by atoms with E-state index in [1.165, 1.54) is 44.2 Å². The van der Waals surface area contributed by atoms with E-state index in [0.717, 1.165) is 30.0 Å². The Kier molecular flexibility index (Phi) is 4.03. The topological polar surface area (TPSA) is 22.0 Å². The lowest BCUT2D eigenvalue weighted by molar-refractivity contribution is 0.112. The third-order valence-corrected chi connectivity index (χ3v) is 4.23. The zero-order valence-corrected chi connectivity index (χ0v) is 11.0. The lowest BCUT2D eigenvalue weighted by Crippen LogP contribution is -2.11. The molecule has 0 atom stereocenters. The largest absolute Gasteiger partial charge is 0.348 e. The minimum absolute atomic E-state index is 0.853. The Bertz CT molecular complexity index is 386. The molecule has 1 aliphatic carbocycles. The van der Waals surface area contributed by atoms with Crippen molar-refractivity contribution < 1.29 is 4.79 Å². The first-order chi connectivity index (χ1) is 8.22. The van der Waals surface area contributed by atoms with Gasteiger partial charge in [-0.1, -0.05) is 32.1 Å². The summed E-state index contributed by atoms with van der Waals surface area (Å²) in [5.74, 6) is 0.907. The molecule has 1 aromatic rings. The fraction of sp³-hybridized carbons (Fsp3) is 0.667. The van der Waals surface area contributed by atoms with E-state index in [0.29, 0.717) is 0 Å². The van der Waals surface area contributed by atoms with Gasteiger partial charge in [0, 0.05) is 23.5 Å². The van der Waals surface area contributed by atoms with E-state index in [2.05, 4.69) is 18.4 Å². The van der Waals surface area contributed by atoms with E-state index in [9.17, 15) is 4.79 Å². The number of aldehydes is 1. The van der Waals surface area contributed by atoms with Gasteiger partial charge in [-0.2, -0.15) is 0 Å². The van der Waals surface area contributed by atoms with Gasteiger partial charge in [0.25, 0.3) is 0 Å². The van der Waals surface area contributed by atoms with Crippen LogP contribution in [0.4, 0.5) is 0 Å². The number of nitrogens with zero attached hydrogens (tertiary/aromatic N) is 1. The molecular weight excluding hydrogens is 210 g/mol. The van der Waals surface area contributed by atoms with Crippen LogP contribution in [0.25, 0.3) is 0 Å². The summed E-state index contributed by atoms with van der Waals surface area (Å²) in [6, 6.07) is 2.00. The molecule has 2 heteroatoms. The molecule has 1 saturated carbocycles. The summed E-state index contributed by atoms with van der Waals surface area (Å²) in [4.78, 5) is 10.9. The normalized spacial score (nSPS) is 17.3. The number of aromatic nitrogens is 1. The molecule has 0 spiro atoms. The second-order valence-corrected chi connectivity index (χ2v) is 5.39. The second-order valence-electron chi connectivity index (χ2n) is 5.39. The molecule has 0 bridgehead atoms. The van der Waals surface area contributed by atoms with Crippen molar-refractivity contribution in [2.45, 2.75) is 58.9 Å². The molecule has 94 valence electrons. The summed E-state index contributed by atoms with van der Waals surface area (Å²) in [5.41, 5.74) is 3.21. The highest BCUT2D eigenvalue weighted by molar-refractivity contribution is 5.77. The predicted molar refractivity (Wildman–Crippen MR) is 70.5 cm³/mol. The molecule has 0 unspecified atom stereocenters. The zero-order valence-electron chi connectivity index (χ0n) is 11.0. The Morgan fingerprint density at radius 1 is 1.29 bits per heavy atom. The second kappa shape index (κ2) is 5.52. The Morgan fingerprint density at radius 2 is 2.00 bits per heavy atom. The zero-order chi connectivity index (χ0) is 12.3. The first kappa shape index (κ1) is 12.4. The van der Waals surface area contributed by atoms with Gasteiger partial charge in [-0.3, -0.25) is 4.79 Å². The van der Waals surface area contributed by atoms with Crippen molar-refractivity contribution in [2.24, 2.45) is 5.92 Å². The Balaban J connectivity index is 1.98. The fourth-order valence-electron chi connectivity index (χ4n) is 3.08. The summed E-state index contributed by atoms with van der Waals surface area (Å²) >= 11 is 0. The van der Waals surface area contributed by atoms with Crippen molar-refractivity contribution in [2.75, 3.05) is 0 Å². The Hall–Kier alpha value is -1.05. The van der Waals surface area contributed by atoms with Gasteiger partial charge in [0.2, 0.25) is 0 Å². The van der Waals surface area contributed by atoms with Crippen LogP contribution in [0.15, 0.2) is 6.07 Å². The van der Waals surface area contributed by atoms with Gasteiger partial charge in [-0.05, 0) is 32.3 Å². The summed E-state index contributed by atoms with van der Waals surface area (Å²) in [5, 5.41) is 0. The van der Waals surface area contributed by atoms with Crippen molar-refractivity contribution >= 4 is 6.29 Å². The number of hydrogen-bond acceptors (Lipinski definition) is 1. The van der Waals surface area contributed by atoms with Crippen molar-refractivity contribution in [3.8, 4) is 0 Å². The highest BCUT2D eigenvalue weighted by Gasteiger charge is 2.14. The molecule has 0 saturated heterocycles. The van der Waals surface area contributed by atoms with Crippen molar-refractivity contribution in [1.29, 1.82) is 0 Å². The third kappa shape index (κ3) is 2.80. The first-order valence-corrected chi connectivity index (χ1v) is 6.84. The van der Waals surface area contributed by atoms with Crippen molar-refractivity contribution in [1.82, 2.24) is 4.57 Å². The van der Waals surface area contributed by atoms with Crippen LogP contribution >= 0.6 is 0 Å². The molecule has 0 aromatic carbocycles. The van der Waals surface area contributed by atoms with Crippen LogP contribution in [-0.2, 0) is 6.54 Å². The van der Waals surface area contributed by atoms with E-state index in [-0.39, 0.29) is 0 Å². The average Bonchev–Trinajstić information content (AvgIpc) is 2.63. The lowest BCUT2D eigenvalue weighted by Gasteiger charge is -2.22. The smallest absolute Gasteiger partial charge is 0.151 e. The molecule has 1 aromatic heterocycles. The molecular formula is C15H23NO. The number of rotatable bonds is 4. The van der Waals surface area contributed by atoms with Crippen LogP contribution in [-0.4, -0.2) is 10.9 Å². The van der Waals surface area contributed by atoms with E-state index in [1.807, 2.05) is 6.07 Å². The Labute approximate surface area is 104 Å². The van der Waals surface area contributed by atoms with Gasteiger partial charge in [-0.25, -0.2) is 0 Å². The molecule has 0 aliphatic heterocycles. The number of hydrogen-bond donors (Lipinski definition) is 0. The molecule has 1 heterocycles. The molecule has 0 N–H and O–H groups in total. The van der Waals surface area contributed by atoms with Gasteiger partial charge in [0.05, 0.1) is 0 Å². The van der Waals surface area contributed by atoms with Gasteiger partial charge in [0.15, 0.2) is 6.29 Å². The first-order valence-electron chi connectivity index (χ1n) is 6.84. The Morgan fingerprint density at radius 3 is 2.59 bits per heavy atom. The minimum Gasteiger partial charge on any atom is -0.348 e. The van der Waals surface area contributed by atoms with Gasteiger partial charge in [-0.15, -0.1) is 0 Å². The SMILES string of the molecule is Cc1cc(C=O)c(C)n1CCC1CCCCC1. The third-order valence-electron chi connectivity index (χ3n) is 4.23. The van der Waals surface area contributed by atoms with E-state index in [1.54, 1.807) is 0 Å². The molecule has 0 amide bonds. The highest BCUT2D eigenvalue weighted by atomic mass is 16.1. The van der Waals surface area contributed by atoms with Crippen LogP contribution in [0, 0.1) is 19.8 Å². The summed E-state index contributed by atoms with van der Waals surface area (Å²) in [7, 11) is 0. The number of carbonyl (C=O) groups is 1. The van der Waals surface area contributed by atoms with E-state index in [4.69, 9.17) is 0 Å². The van der Waals surface area contributed by atoms with Crippen LogP contribution in [0.1, 0.15) is 60.3 Å². The van der Waals surface area contributed by atoms with Crippen molar-refractivity contribution in [3.05, 3.63) is 23.0 Å². The van der Waals surface area contributed by atoms with Crippen LogP contribution in [0.3, 0.4) is 0 Å². The van der Waals surface area contributed by atoms with E-state index >= 15 is 0 Å². The van der Waals surface area contributed by atoms with Gasteiger partial charge >= 0.3 is 0 Å². The summed E-state index contributed by atoms with van der Waals surface area (Å²) < 4.78 is 2.30. The lowest BCUT2D eigenvalue weighted by atomic mass is 9.87. The highest BCUT2D eigenvalue weighted by Crippen LogP contribution is 2.27. The van der Waals surface area contributed by atoms with Crippen LogP contribution in [0.2, 0.25) is 0 Å². The van der Waals surface area contributed by atoms with Gasteiger partial charge < -0.3 is 4.57 Å².